The van der Waals surface area contributed by atoms with Crippen LogP contribution in [0.25, 0.3) is 0 Å². The van der Waals surface area contributed by atoms with Crippen molar-refractivity contribution in [2.45, 2.75) is 27.2 Å². The van der Waals surface area contributed by atoms with E-state index in [-0.39, 0.29) is 11.6 Å². The van der Waals surface area contributed by atoms with Crippen molar-refractivity contribution in [3.8, 4) is 11.6 Å². The van der Waals surface area contributed by atoms with E-state index >= 15 is 0 Å². The molecule has 2 aromatic rings. The van der Waals surface area contributed by atoms with Crippen LogP contribution < -0.4 is 10.1 Å². The molecule has 0 fully saturated rings. The van der Waals surface area contributed by atoms with E-state index in [4.69, 9.17) is 4.74 Å². The molecule has 0 spiro atoms. The average molecular weight is 275 g/mol. The number of aromatic nitrogens is 2. The molecular weight excluding hydrogens is 257 g/mol. The van der Waals surface area contributed by atoms with E-state index in [1.165, 1.54) is 0 Å². The highest BCUT2D eigenvalue weighted by Gasteiger charge is 2.10. The summed E-state index contributed by atoms with van der Waals surface area (Å²) in [5.41, 5.74) is 0.541. The molecule has 0 saturated heterocycles. The number of nitrogens with one attached hydrogen (secondary N) is 1. The van der Waals surface area contributed by atoms with Gasteiger partial charge in [-0.3, -0.25) is 0 Å². The molecule has 0 bridgehead atoms. The SMILES string of the molecule is CCNc1cc(Oc2cccc(C)c2F)nc(CC)n1. The van der Waals surface area contributed by atoms with Gasteiger partial charge in [0.25, 0.3) is 0 Å². The van der Waals surface area contributed by atoms with Gasteiger partial charge in [0.2, 0.25) is 5.88 Å². The van der Waals surface area contributed by atoms with Crippen LogP contribution in [0.2, 0.25) is 0 Å². The fourth-order valence-corrected chi connectivity index (χ4v) is 1.77. The van der Waals surface area contributed by atoms with E-state index in [0.717, 1.165) is 6.54 Å². The smallest absolute Gasteiger partial charge is 0.224 e. The van der Waals surface area contributed by atoms with Crippen LogP contribution in [0, 0.1) is 12.7 Å². The van der Waals surface area contributed by atoms with Crippen molar-refractivity contribution in [3.05, 3.63) is 41.5 Å². The molecule has 1 N–H and O–H groups in total. The van der Waals surface area contributed by atoms with Crippen LogP contribution in [0.4, 0.5) is 10.2 Å². The molecule has 0 amide bonds. The second-order valence-corrected chi connectivity index (χ2v) is 4.38. The van der Waals surface area contributed by atoms with Crippen molar-refractivity contribution >= 4 is 5.82 Å². The van der Waals surface area contributed by atoms with Crippen LogP contribution >= 0.6 is 0 Å². The molecule has 0 atom stereocenters. The lowest BCUT2D eigenvalue weighted by Gasteiger charge is -2.10. The molecule has 1 aromatic carbocycles. The summed E-state index contributed by atoms with van der Waals surface area (Å²) < 4.78 is 19.5. The van der Waals surface area contributed by atoms with Gasteiger partial charge in [0.05, 0.1) is 0 Å². The van der Waals surface area contributed by atoms with Gasteiger partial charge in [-0.25, -0.2) is 9.37 Å². The van der Waals surface area contributed by atoms with Gasteiger partial charge in [-0.05, 0) is 25.5 Å². The Balaban J connectivity index is 2.32. The van der Waals surface area contributed by atoms with E-state index < -0.39 is 0 Å². The largest absolute Gasteiger partial charge is 0.436 e. The molecular formula is C15H18FN3O. The first kappa shape index (κ1) is 14.2. The third-order valence-corrected chi connectivity index (χ3v) is 2.79. The molecule has 0 aliphatic rings. The molecule has 4 nitrogen and oxygen atoms in total. The Morgan fingerprint density at radius 2 is 2.05 bits per heavy atom. The highest BCUT2D eigenvalue weighted by molar-refractivity contribution is 5.40. The summed E-state index contributed by atoms with van der Waals surface area (Å²) in [6, 6.07) is 6.71. The minimum Gasteiger partial charge on any atom is -0.436 e. The first-order valence-electron chi connectivity index (χ1n) is 6.68. The fourth-order valence-electron chi connectivity index (χ4n) is 1.77. The lowest BCUT2D eigenvalue weighted by Crippen LogP contribution is -2.04. The van der Waals surface area contributed by atoms with Gasteiger partial charge in [0.15, 0.2) is 11.6 Å². The van der Waals surface area contributed by atoms with Crippen molar-refractivity contribution in [1.82, 2.24) is 9.97 Å². The first-order chi connectivity index (χ1) is 9.63. The zero-order valence-corrected chi connectivity index (χ0v) is 11.9. The van der Waals surface area contributed by atoms with Crippen LogP contribution in [0.1, 0.15) is 25.2 Å². The van der Waals surface area contributed by atoms with Gasteiger partial charge in [0.1, 0.15) is 11.6 Å². The normalized spacial score (nSPS) is 10.4. The minimum atomic E-state index is -0.367. The zero-order chi connectivity index (χ0) is 14.5. The Morgan fingerprint density at radius 1 is 1.25 bits per heavy atom. The summed E-state index contributed by atoms with van der Waals surface area (Å²) in [6.07, 6.45) is 0.686. The molecule has 20 heavy (non-hydrogen) atoms. The van der Waals surface area contributed by atoms with E-state index in [1.807, 2.05) is 13.8 Å². The maximum atomic E-state index is 13.9. The van der Waals surface area contributed by atoms with E-state index in [1.54, 1.807) is 31.2 Å². The van der Waals surface area contributed by atoms with E-state index in [2.05, 4.69) is 15.3 Å². The molecule has 1 heterocycles. The van der Waals surface area contributed by atoms with Crippen LogP contribution in [-0.4, -0.2) is 16.5 Å². The lowest BCUT2D eigenvalue weighted by molar-refractivity contribution is 0.423. The van der Waals surface area contributed by atoms with Crippen LogP contribution in [0.5, 0.6) is 11.6 Å². The second-order valence-electron chi connectivity index (χ2n) is 4.38. The number of hydrogen-bond acceptors (Lipinski definition) is 4. The van der Waals surface area contributed by atoms with Gasteiger partial charge < -0.3 is 10.1 Å². The Labute approximate surface area is 118 Å². The number of benzene rings is 1. The summed E-state index contributed by atoms with van der Waals surface area (Å²) in [7, 11) is 0. The van der Waals surface area contributed by atoms with Crippen LogP contribution in [0.3, 0.4) is 0 Å². The van der Waals surface area contributed by atoms with Crippen molar-refractivity contribution in [2.75, 3.05) is 11.9 Å². The van der Waals surface area contributed by atoms with Crippen molar-refractivity contribution < 1.29 is 9.13 Å². The predicted octanol–water partition coefficient (Wildman–Crippen LogP) is 3.71. The zero-order valence-electron chi connectivity index (χ0n) is 11.9. The Bertz CT molecular complexity index is 602. The number of aryl methyl sites for hydroxylation is 2. The number of halogens is 1. The van der Waals surface area contributed by atoms with Gasteiger partial charge in [-0.1, -0.05) is 19.1 Å². The first-order valence-corrected chi connectivity index (χ1v) is 6.68. The Hall–Kier alpha value is -2.17. The third kappa shape index (κ3) is 3.23. The fraction of sp³-hybridized carbons (Fsp3) is 0.333. The molecule has 0 saturated carbocycles. The third-order valence-electron chi connectivity index (χ3n) is 2.79. The Kier molecular flexibility index (Phi) is 4.50. The van der Waals surface area contributed by atoms with Gasteiger partial charge >= 0.3 is 0 Å². The van der Waals surface area contributed by atoms with Crippen molar-refractivity contribution in [3.63, 3.8) is 0 Å². The molecule has 5 heteroatoms. The maximum Gasteiger partial charge on any atom is 0.224 e. The number of hydrogen-bond donors (Lipinski definition) is 1. The van der Waals surface area contributed by atoms with Gasteiger partial charge in [-0.2, -0.15) is 4.98 Å². The van der Waals surface area contributed by atoms with Crippen molar-refractivity contribution in [1.29, 1.82) is 0 Å². The number of nitrogens with zero attached hydrogens (tertiary/aromatic N) is 2. The highest BCUT2D eigenvalue weighted by Crippen LogP contribution is 2.26. The topological polar surface area (TPSA) is 47.0 Å². The molecule has 0 aliphatic carbocycles. The Morgan fingerprint density at radius 3 is 2.75 bits per heavy atom. The van der Waals surface area contributed by atoms with Crippen molar-refractivity contribution in [2.24, 2.45) is 0 Å². The maximum absolute atomic E-state index is 13.9. The molecule has 0 unspecified atom stereocenters. The quantitative estimate of drug-likeness (QED) is 0.903. The molecule has 0 aliphatic heterocycles. The number of ether oxygens (including phenoxy) is 1. The molecule has 0 radical (unpaired) electrons. The summed E-state index contributed by atoms with van der Waals surface area (Å²) in [4.78, 5) is 8.59. The van der Waals surface area contributed by atoms with Gasteiger partial charge in [-0.15, -0.1) is 0 Å². The monoisotopic (exact) mass is 275 g/mol. The standard InChI is InChI=1S/C15H18FN3O/c1-4-12-18-13(17-5-2)9-14(19-12)20-11-8-6-7-10(3)15(11)16/h6-9H,4-5H2,1-3H3,(H,17,18,19). The molecule has 2 rings (SSSR count). The number of anilines is 1. The molecule has 1 aromatic heterocycles. The summed E-state index contributed by atoms with van der Waals surface area (Å²) in [6.45, 7) is 6.39. The summed E-state index contributed by atoms with van der Waals surface area (Å²) in [5, 5.41) is 3.11. The predicted molar refractivity (Wildman–Crippen MR) is 76.8 cm³/mol. The summed E-state index contributed by atoms with van der Waals surface area (Å²) in [5.74, 6) is 1.49. The molecule has 106 valence electrons. The van der Waals surface area contributed by atoms with Gasteiger partial charge in [0, 0.05) is 19.0 Å². The summed E-state index contributed by atoms with van der Waals surface area (Å²) >= 11 is 0. The van der Waals surface area contributed by atoms with E-state index in [0.29, 0.717) is 29.5 Å². The minimum absolute atomic E-state index is 0.174. The average Bonchev–Trinajstić information content (AvgIpc) is 2.44. The number of rotatable bonds is 5. The highest BCUT2D eigenvalue weighted by atomic mass is 19.1. The van der Waals surface area contributed by atoms with Crippen LogP contribution in [0.15, 0.2) is 24.3 Å². The van der Waals surface area contributed by atoms with E-state index in [9.17, 15) is 4.39 Å². The lowest BCUT2D eigenvalue weighted by atomic mass is 10.2. The second kappa shape index (κ2) is 6.32. The van der Waals surface area contributed by atoms with Crippen LogP contribution in [-0.2, 0) is 6.42 Å².